The molecule has 154 valence electrons. The van der Waals surface area contributed by atoms with E-state index in [1.54, 1.807) is 6.07 Å². The summed E-state index contributed by atoms with van der Waals surface area (Å²) < 4.78 is 10.9. The zero-order chi connectivity index (χ0) is 20.9. The van der Waals surface area contributed by atoms with E-state index in [0.29, 0.717) is 23.6 Å². The third-order valence-electron chi connectivity index (χ3n) is 6.31. The van der Waals surface area contributed by atoms with Crippen molar-refractivity contribution < 1.29 is 14.3 Å². The van der Waals surface area contributed by atoms with E-state index in [9.17, 15) is 4.79 Å². The Labute approximate surface area is 180 Å². The van der Waals surface area contributed by atoms with Crippen LogP contribution >= 0.6 is 0 Å². The lowest BCUT2D eigenvalue weighted by Gasteiger charge is -2.36. The number of aromatic amines is 1. The number of ether oxygens (including phenoxy) is 2. The third-order valence-corrected chi connectivity index (χ3v) is 6.31. The van der Waals surface area contributed by atoms with Gasteiger partial charge in [-0.15, -0.1) is 0 Å². The molecular formula is C26H22N2O3. The molecule has 1 amide bonds. The van der Waals surface area contributed by atoms with Gasteiger partial charge >= 0.3 is 0 Å². The van der Waals surface area contributed by atoms with E-state index in [2.05, 4.69) is 54.4 Å². The second-order valence-corrected chi connectivity index (χ2v) is 8.19. The number of aromatic nitrogens is 1. The van der Waals surface area contributed by atoms with Crippen LogP contribution in [-0.4, -0.2) is 29.1 Å². The van der Waals surface area contributed by atoms with Crippen LogP contribution in [0.2, 0.25) is 0 Å². The Hall–Kier alpha value is -3.73. The summed E-state index contributed by atoms with van der Waals surface area (Å²) in [6.45, 7) is 2.93. The number of hydrogen-bond acceptors (Lipinski definition) is 3. The molecule has 0 saturated carbocycles. The topological polar surface area (TPSA) is 54.6 Å². The summed E-state index contributed by atoms with van der Waals surface area (Å²) in [6, 6.07) is 22.1. The minimum atomic E-state index is -0.172. The zero-order valence-electron chi connectivity index (χ0n) is 17.2. The second kappa shape index (κ2) is 6.91. The van der Waals surface area contributed by atoms with Crippen LogP contribution in [0.25, 0.3) is 10.9 Å². The van der Waals surface area contributed by atoms with Gasteiger partial charge in [0.05, 0.1) is 6.04 Å². The van der Waals surface area contributed by atoms with Crippen molar-refractivity contribution in [3.8, 4) is 11.5 Å². The summed E-state index contributed by atoms with van der Waals surface area (Å²) in [6.07, 6.45) is 0.817. The van der Waals surface area contributed by atoms with Crippen molar-refractivity contribution in [2.24, 2.45) is 0 Å². The van der Waals surface area contributed by atoms with Crippen LogP contribution in [0.1, 0.15) is 38.8 Å². The number of rotatable bonds is 2. The van der Waals surface area contributed by atoms with Gasteiger partial charge in [0.25, 0.3) is 5.91 Å². The molecule has 31 heavy (non-hydrogen) atoms. The number of carbonyl (C=O) groups is 1. The highest BCUT2D eigenvalue weighted by Crippen LogP contribution is 2.40. The first kappa shape index (κ1) is 18.1. The molecule has 4 aromatic rings. The van der Waals surface area contributed by atoms with Gasteiger partial charge in [-0.25, -0.2) is 0 Å². The Bertz CT molecular complexity index is 1310. The number of hydrogen-bond donors (Lipinski definition) is 1. The summed E-state index contributed by atoms with van der Waals surface area (Å²) in [7, 11) is 0. The first-order chi connectivity index (χ1) is 15.2. The Morgan fingerprint density at radius 2 is 1.81 bits per heavy atom. The molecule has 0 fully saturated rings. The molecule has 3 aromatic carbocycles. The number of nitrogens with one attached hydrogen (secondary N) is 1. The maximum Gasteiger partial charge on any atom is 0.254 e. The van der Waals surface area contributed by atoms with Crippen molar-refractivity contribution in [1.82, 2.24) is 9.88 Å². The number of fused-ring (bicyclic) bond motifs is 4. The van der Waals surface area contributed by atoms with Crippen molar-refractivity contribution in [3.63, 3.8) is 0 Å². The quantitative estimate of drug-likeness (QED) is 0.506. The van der Waals surface area contributed by atoms with Crippen molar-refractivity contribution >= 4 is 16.8 Å². The van der Waals surface area contributed by atoms with Gasteiger partial charge < -0.3 is 19.4 Å². The van der Waals surface area contributed by atoms with Crippen LogP contribution < -0.4 is 9.47 Å². The van der Waals surface area contributed by atoms with Crippen LogP contribution in [0.15, 0.2) is 66.7 Å². The number of aryl methyl sites for hydroxylation is 1. The SMILES string of the molecule is Cc1ccc(C2c3[nH]c4ccccc4c3CCN2C(=O)c2ccc3c(c2)OCO3)cc1. The standard InChI is InChI=1S/C26H22N2O3/c1-16-6-8-17(9-7-16)25-24-20(19-4-2-3-5-21(19)27-24)12-13-28(25)26(29)18-10-11-22-23(14-18)31-15-30-22/h2-11,14,25,27H,12-13,15H2,1H3. The van der Waals surface area contributed by atoms with E-state index in [1.165, 1.54) is 16.5 Å². The van der Waals surface area contributed by atoms with E-state index >= 15 is 0 Å². The molecule has 1 unspecified atom stereocenters. The van der Waals surface area contributed by atoms with Gasteiger partial charge in [0.1, 0.15) is 0 Å². The highest BCUT2D eigenvalue weighted by molar-refractivity contribution is 5.96. The molecule has 0 bridgehead atoms. The van der Waals surface area contributed by atoms with Crippen molar-refractivity contribution in [3.05, 3.63) is 94.7 Å². The summed E-state index contributed by atoms with van der Waals surface area (Å²) in [4.78, 5) is 19.3. The number of benzene rings is 3. The summed E-state index contributed by atoms with van der Waals surface area (Å²) in [5, 5.41) is 1.24. The van der Waals surface area contributed by atoms with E-state index in [4.69, 9.17) is 9.47 Å². The maximum atomic E-state index is 13.7. The Morgan fingerprint density at radius 1 is 1.00 bits per heavy atom. The minimum Gasteiger partial charge on any atom is -0.454 e. The van der Waals surface area contributed by atoms with Crippen LogP contribution in [-0.2, 0) is 6.42 Å². The Balaban J connectivity index is 1.47. The third kappa shape index (κ3) is 2.88. The fourth-order valence-corrected chi connectivity index (χ4v) is 4.75. The van der Waals surface area contributed by atoms with Crippen molar-refractivity contribution in [2.45, 2.75) is 19.4 Å². The predicted octanol–water partition coefficient (Wildman–Crippen LogP) is 4.99. The molecule has 6 rings (SSSR count). The first-order valence-corrected chi connectivity index (χ1v) is 10.6. The van der Waals surface area contributed by atoms with Gasteiger partial charge in [-0.05, 0) is 48.7 Å². The van der Waals surface area contributed by atoms with E-state index < -0.39 is 0 Å². The molecule has 5 nitrogen and oxygen atoms in total. The molecule has 0 spiro atoms. The zero-order valence-corrected chi connectivity index (χ0v) is 17.2. The predicted molar refractivity (Wildman–Crippen MR) is 119 cm³/mol. The lowest BCUT2D eigenvalue weighted by molar-refractivity contribution is 0.0691. The smallest absolute Gasteiger partial charge is 0.254 e. The summed E-state index contributed by atoms with van der Waals surface area (Å²) in [5.74, 6) is 1.30. The lowest BCUT2D eigenvalue weighted by atomic mass is 9.91. The number of carbonyl (C=O) groups excluding carboxylic acids is 1. The fraction of sp³-hybridized carbons (Fsp3) is 0.192. The number of nitrogens with zero attached hydrogens (tertiary/aromatic N) is 1. The fourth-order valence-electron chi connectivity index (χ4n) is 4.75. The largest absolute Gasteiger partial charge is 0.454 e. The molecule has 1 aromatic heterocycles. The van der Waals surface area contributed by atoms with Crippen LogP contribution in [0.4, 0.5) is 0 Å². The van der Waals surface area contributed by atoms with Crippen molar-refractivity contribution in [2.75, 3.05) is 13.3 Å². The highest BCUT2D eigenvalue weighted by Gasteiger charge is 2.35. The van der Waals surface area contributed by atoms with E-state index in [-0.39, 0.29) is 18.7 Å². The molecule has 0 saturated heterocycles. The highest BCUT2D eigenvalue weighted by atomic mass is 16.7. The van der Waals surface area contributed by atoms with Crippen LogP contribution in [0.3, 0.4) is 0 Å². The molecule has 2 aliphatic heterocycles. The molecule has 1 N–H and O–H groups in total. The van der Waals surface area contributed by atoms with Gasteiger partial charge in [-0.3, -0.25) is 4.79 Å². The normalized spacial score (nSPS) is 17.1. The summed E-state index contributed by atoms with van der Waals surface area (Å²) >= 11 is 0. The molecule has 0 radical (unpaired) electrons. The average Bonchev–Trinajstić information content (AvgIpc) is 3.42. The minimum absolute atomic E-state index is 0.00631. The average molecular weight is 410 g/mol. The molecule has 3 heterocycles. The second-order valence-electron chi connectivity index (χ2n) is 8.19. The summed E-state index contributed by atoms with van der Waals surface area (Å²) in [5.41, 5.74) is 6.43. The lowest BCUT2D eigenvalue weighted by Crippen LogP contribution is -2.40. The molecule has 1 atom stereocenters. The van der Waals surface area contributed by atoms with Gasteiger partial charge in [0, 0.05) is 28.7 Å². The molecule has 2 aliphatic rings. The first-order valence-electron chi connectivity index (χ1n) is 10.6. The van der Waals surface area contributed by atoms with Crippen LogP contribution in [0, 0.1) is 6.92 Å². The molecular weight excluding hydrogens is 388 g/mol. The van der Waals surface area contributed by atoms with E-state index in [1.807, 2.05) is 23.1 Å². The number of amides is 1. The monoisotopic (exact) mass is 410 g/mol. The Morgan fingerprint density at radius 3 is 2.68 bits per heavy atom. The molecule has 5 heteroatoms. The van der Waals surface area contributed by atoms with E-state index in [0.717, 1.165) is 23.2 Å². The number of para-hydroxylation sites is 1. The Kier molecular flexibility index (Phi) is 4.03. The van der Waals surface area contributed by atoms with Crippen LogP contribution in [0.5, 0.6) is 11.5 Å². The van der Waals surface area contributed by atoms with Crippen molar-refractivity contribution in [1.29, 1.82) is 0 Å². The molecule has 0 aliphatic carbocycles. The maximum absolute atomic E-state index is 13.7. The van der Waals surface area contributed by atoms with Gasteiger partial charge in [-0.2, -0.15) is 0 Å². The van der Waals surface area contributed by atoms with Gasteiger partial charge in [0.2, 0.25) is 6.79 Å². The number of H-pyrrole nitrogens is 1. The van der Waals surface area contributed by atoms with Gasteiger partial charge in [-0.1, -0.05) is 48.0 Å². The van der Waals surface area contributed by atoms with Gasteiger partial charge in [0.15, 0.2) is 11.5 Å².